The third kappa shape index (κ3) is 5.34. The maximum Gasteiger partial charge on any atom is 0.227 e. The molecule has 3 aromatic rings. The molecule has 1 amide bonds. The van der Waals surface area contributed by atoms with Gasteiger partial charge in [0.25, 0.3) is 0 Å². The van der Waals surface area contributed by atoms with E-state index in [1.54, 1.807) is 7.11 Å². The van der Waals surface area contributed by atoms with Crippen LogP contribution < -0.4 is 10.1 Å². The molecule has 7 nitrogen and oxygen atoms in total. The lowest BCUT2D eigenvalue weighted by atomic mass is 10.0. The fraction of sp³-hybridized carbons (Fsp3) is 0.400. The maximum atomic E-state index is 12.6. The molecule has 0 saturated carbocycles. The van der Waals surface area contributed by atoms with Crippen molar-refractivity contribution in [2.45, 2.75) is 38.6 Å². The quantitative estimate of drug-likeness (QED) is 0.549. The zero-order valence-corrected chi connectivity index (χ0v) is 18.7. The van der Waals surface area contributed by atoms with Crippen LogP contribution in [0.2, 0.25) is 0 Å². The van der Waals surface area contributed by atoms with Crippen LogP contribution in [-0.2, 0) is 11.2 Å². The summed E-state index contributed by atoms with van der Waals surface area (Å²) in [5, 5.41) is 7.14. The highest BCUT2D eigenvalue weighted by Gasteiger charge is 2.26. The van der Waals surface area contributed by atoms with Crippen molar-refractivity contribution in [3.63, 3.8) is 0 Å². The van der Waals surface area contributed by atoms with Gasteiger partial charge >= 0.3 is 0 Å². The van der Waals surface area contributed by atoms with E-state index < -0.39 is 0 Å². The van der Waals surface area contributed by atoms with Crippen LogP contribution in [0.15, 0.2) is 53.1 Å². The van der Waals surface area contributed by atoms with Crippen LogP contribution in [0, 0.1) is 6.92 Å². The number of amides is 1. The van der Waals surface area contributed by atoms with E-state index >= 15 is 0 Å². The van der Waals surface area contributed by atoms with Crippen LogP contribution in [0.3, 0.4) is 0 Å². The Morgan fingerprint density at radius 1 is 1.16 bits per heavy atom. The molecule has 2 heterocycles. The third-order valence-electron chi connectivity index (χ3n) is 5.92. The zero-order chi connectivity index (χ0) is 22.3. The molecule has 168 valence electrons. The Kier molecular flexibility index (Phi) is 7.17. The minimum absolute atomic E-state index is 0.0285. The van der Waals surface area contributed by atoms with Crippen molar-refractivity contribution in [2.24, 2.45) is 0 Å². The number of hydrogen-bond donors (Lipinski definition) is 1. The van der Waals surface area contributed by atoms with Crippen molar-refractivity contribution in [1.82, 2.24) is 20.4 Å². The predicted octanol–water partition coefficient (Wildman–Crippen LogP) is 3.94. The number of nitrogens with zero attached hydrogens (tertiary/aromatic N) is 3. The van der Waals surface area contributed by atoms with E-state index in [2.05, 4.69) is 26.4 Å². The molecule has 1 aromatic heterocycles. The summed E-state index contributed by atoms with van der Waals surface area (Å²) in [6, 6.07) is 16.1. The highest BCUT2D eigenvalue weighted by molar-refractivity contribution is 5.76. The first-order valence-electron chi connectivity index (χ1n) is 11.2. The zero-order valence-electron chi connectivity index (χ0n) is 18.7. The molecule has 0 bridgehead atoms. The number of methoxy groups -OCH3 is 1. The van der Waals surface area contributed by atoms with E-state index in [-0.39, 0.29) is 11.9 Å². The average molecular weight is 435 g/mol. The number of carbonyl (C=O) groups is 1. The van der Waals surface area contributed by atoms with Gasteiger partial charge in [-0.15, -0.1) is 0 Å². The number of rotatable bonds is 9. The fourth-order valence-electron chi connectivity index (χ4n) is 4.13. The van der Waals surface area contributed by atoms with Crippen molar-refractivity contribution < 1.29 is 14.1 Å². The molecular formula is C25H30N4O3. The second kappa shape index (κ2) is 10.4. The van der Waals surface area contributed by atoms with Crippen LogP contribution in [0.1, 0.15) is 42.3 Å². The van der Waals surface area contributed by atoms with Gasteiger partial charge in [0.2, 0.25) is 17.6 Å². The second-order valence-corrected chi connectivity index (χ2v) is 8.18. The average Bonchev–Trinajstić information content (AvgIpc) is 3.51. The van der Waals surface area contributed by atoms with Crippen LogP contribution in [-0.4, -0.2) is 47.7 Å². The highest BCUT2D eigenvalue weighted by Crippen LogP contribution is 2.31. The summed E-state index contributed by atoms with van der Waals surface area (Å²) in [5.41, 5.74) is 3.19. The Bertz CT molecular complexity index is 1030. The number of nitrogens with one attached hydrogen (secondary N) is 1. The van der Waals surface area contributed by atoms with Crippen molar-refractivity contribution in [3.8, 4) is 17.1 Å². The van der Waals surface area contributed by atoms with Gasteiger partial charge in [0.15, 0.2) is 0 Å². The number of aromatic nitrogens is 2. The Hall–Kier alpha value is -3.19. The first kappa shape index (κ1) is 22.0. The number of carbonyl (C=O) groups excluding carboxylic acids is 1. The first-order valence-corrected chi connectivity index (χ1v) is 11.2. The van der Waals surface area contributed by atoms with Crippen LogP contribution in [0.25, 0.3) is 11.4 Å². The van der Waals surface area contributed by atoms with E-state index in [0.29, 0.717) is 31.1 Å². The molecule has 1 fully saturated rings. The lowest BCUT2D eigenvalue weighted by Gasteiger charge is -2.29. The first-order chi connectivity index (χ1) is 15.6. The van der Waals surface area contributed by atoms with Crippen molar-refractivity contribution in [2.75, 3.05) is 26.7 Å². The number of aryl methyl sites for hydroxylation is 2. The van der Waals surface area contributed by atoms with Crippen LogP contribution in [0.5, 0.6) is 5.75 Å². The molecule has 1 N–H and O–H groups in total. The van der Waals surface area contributed by atoms with Crippen LogP contribution >= 0.6 is 0 Å². The molecular weight excluding hydrogens is 404 g/mol. The lowest BCUT2D eigenvalue weighted by Crippen LogP contribution is -2.37. The second-order valence-electron chi connectivity index (χ2n) is 8.18. The number of para-hydroxylation sites is 1. The highest BCUT2D eigenvalue weighted by atomic mass is 16.5. The maximum absolute atomic E-state index is 12.6. The Balaban J connectivity index is 1.34. The van der Waals surface area contributed by atoms with E-state index in [1.807, 2.05) is 49.4 Å². The molecule has 0 spiro atoms. The van der Waals surface area contributed by atoms with Gasteiger partial charge in [-0.25, -0.2) is 0 Å². The summed E-state index contributed by atoms with van der Waals surface area (Å²) < 4.78 is 10.9. The molecule has 32 heavy (non-hydrogen) atoms. The summed E-state index contributed by atoms with van der Waals surface area (Å²) in [6.07, 6.45) is 3.07. The monoisotopic (exact) mass is 434 g/mol. The summed E-state index contributed by atoms with van der Waals surface area (Å²) in [7, 11) is 1.69. The summed E-state index contributed by atoms with van der Waals surface area (Å²) >= 11 is 0. The van der Waals surface area contributed by atoms with Gasteiger partial charge in [0.05, 0.1) is 13.2 Å². The number of likely N-dealkylation sites (tertiary alicyclic amines) is 1. The molecule has 1 aliphatic rings. The van der Waals surface area contributed by atoms with Gasteiger partial charge in [-0.3, -0.25) is 9.69 Å². The third-order valence-corrected chi connectivity index (χ3v) is 5.92. The Morgan fingerprint density at radius 3 is 2.66 bits per heavy atom. The van der Waals surface area contributed by atoms with E-state index in [4.69, 9.17) is 9.26 Å². The molecule has 1 saturated heterocycles. The Morgan fingerprint density at radius 2 is 1.91 bits per heavy atom. The molecule has 0 radical (unpaired) electrons. The minimum Gasteiger partial charge on any atom is -0.496 e. The van der Waals surface area contributed by atoms with E-state index in [1.165, 1.54) is 18.4 Å². The molecule has 0 aliphatic carbocycles. The lowest BCUT2D eigenvalue weighted by molar-refractivity contribution is -0.121. The van der Waals surface area contributed by atoms with Crippen molar-refractivity contribution >= 4 is 5.91 Å². The fourth-order valence-corrected chi connectivity index (χ4v) is 4.13. The van der Waals surface area contributed by atoms with E-state index in [9.17, 15) is 4.79 Å². The van der Waals surface area contributed by atoms with Gasteiger partial charge in [-0.1, -0.05) is 53.2 Å². The van der Waals surface area contributed by atoms with Crippen molar-refractivity contribution in [1.29, 1.82) is 0 Å². The van der Waals surface area contributed by atoms with Gasteiger partial charge in [0.1, 0.15) is 5.75 Å². The van der Waals surface area contributed by atoms with Gasteiger partial charge < -0.3 is 14.6 Å². The molecule has 2 aromatic carbocycles. The molecule has 1 unspecified atom stereocenters. The Labute approximate surface area is 188 Å². The number of hydrogen-bond acceptors (Lipinski definition) is 6. The predicted molar refractivity (Wildman–Crippen MR) is 122 cm³/mol. The van der Waals surface area contributed by atoms with Crippen LogP contribution in [0.4, 0.5) is 0 Å². The summed E-state index contributed by atoms with van der Waals surface area (Å²) in [6.45, 7) is 4.63. The molecule has 1 aliphatic heterocycles. The molecule has 1 atom stereocenters. The van der Waals surface area contributed by atoms with E-state index in [0.717, 1.165) is 30.0 Å². The standard InChI is InChI=1S/C25H30N4O3/c1-18-9-11-19(12-10-18)25-27-24(32-28-25)14-13-23(30)26-17-21(29-15-5-6-16-29)20-7-3-4-8-22(20)31-2/h3-4,7-12,21H,5-6,13-17H2,1-2H3,(H,26,30). The molecule has 4 rings (SSSR count). The van der Waals surface area contributed by atoms with Crippen molar-refractivity contribution in [3.05, 3.63) is 65.5 Å². The number of benzene rings is 2. The normalized spacial score (nSPS) is 14.9. The van der Waals surface area contributed by atoms with Gasteiger partial charge in [0, 0.05) is 30.5 Å². The summed E-state index contributed by atoms with van der Waals surface area (Å²) in [5.74, 6) is 1.84. The molecule has 7 heteroatoms. The van der Waals surface area contributed by atoms with Gasteiger partial charge in [-0.05, 0) is 38.9 Å². The largest absolute Gasteiger partial charge is 0.496 e. The number of ether oxygens (including phenoxy) is 1. The van der Waals surface area contributed by atoms with Gasteiger partial charge in [-0.2, -0.15) is 4.98 Å². The minimum atomic E-state index is -0.0285. The smallest absolute Gasteiger partial charge is 0.227 e. The SMILES string of the molecule is COc1ccccc1C(CNC(=O)CCc1nc(-c2ccc(C)cc2)no1)N1CCCC1. The summed E-state index contributed by atoms with van der Waals surface area (Å²) in [4.78, 5) is 19.4. The topological polar surface area (TPSA) is 80.5 Å².